The molecular weight excluding hydrogens is 675 g/mol. The Balaban J connectivity index is 5.66. The normalized spacial score (nSPS) is 14.0. The molecule has 1 N–H and O–H groups in total. The number of carbonyl (C=O) groups is 2. The van der Waals surface area contributed by atoms with Gasteiger partial charge in [0.25, 0.3) is 0 Å². The van der Waals surface area contributed by atoms with Crippen molar-refractivity contribution >= 4 is 11.9 Å². The molecule has 0 spiro atoms. The molecule has 0 bridgehead atoms. The number of hydrogen-bond donors (Lipinski definition) is 1. The highest BCUT2D eigenvalue weighted by Crippen LogP contribution is 2.28. The Morgan fingerprint density at radius 3 is 1.15 bits per heavy atom. The second-order valence-corrected chi connectivity index (χ2v) is 17.7. The topological polar surface area (TPSA) is 57.6 Å². The molecule has 0 aromatic rings. The van der Waals surface area contributed by atoms with Gasteiger partial charge in [-0.15, -0.1) is 0 Å². The number of unbranched alkanes of at least 4 members (excludes halogenated alkanes) is 26. The van der Waals surface area contributed by atoms with Gasteiger partial charge in [0, 0.05) is 13.1 Å². The van der Waals surface area contributed by atoms with E-state index in [1.807, 2.05) is 0 Å². The van der Waals surface area contributed by atoms with Gasteiger partial charge in [-0.1, -0.05) is 246 Å². The number of amides is 1. The first-order valence-corrected chi connectivity index (χ1v) is 25.1. The number of nitrogens with zero attached hydrogens (tertiary/aromatic N) is 1. The van der Waals surface area contributed by atoms with E-state index in [0.29, 0.717) is 18.3 Å². The highest BCUT2D eigenvalue weighted by molar-refractivity contribution is 5.86. The maximum absolute atomic E-state index is 14.9. The molecule has 0 saturated heterocycles. The van der Waals surface area contributed by atoms with Crippen molar-refractivity contribution in [2.75, 3.05) is 13.1 Å². The van der Waals surface area contributed by atoms with Gasteiger partial charge >= 0.3 is 5.97 Å². The molecule has 0 aromatic carbocycles. The van der Waals surface area contributed by atoms with Crippen molar-refractivity contribution in [3.05, 3.63) is 12.2 Å². The summed E-state index contributed by atoms with van der Waals surface area (Å²) in [5.41, 5.74) is 0. The first-order valence-electron chi connectivity index (χ1n) is 25.1. The summed E-state index contributed by atoms with van der Waals surface area (Å²) >= 11 is 0. The van der Waals surface area contributed by atoms with E-state index >= 15 is 0 Å². The highest BCUT2D eigenvalue weighted by Gasteiger charge is 2.35. The fourth-order valence-electron chi connectivity index (χ4n) is 8.52. The molecule has 0 aliphatic rings. The summed E-state index contributed by atoms with van der Waals surface area (Å²) in [4.78, 5) is 30.0. The van der Waals surface area contributed by atoms with Crippen LogP contribution in [0.5, 0.6) is 0 Å². The smallest absolute Gasteiger partial charge is 0.307 e. The van der Waals surface area contributed by atoms with E-state index in [1.165, 1.54) is 167 Å². The summed E-state index contributed by atoms with van der Waals surface area (Å²) in [5.74, 6) is -0.961. The summed E-state index contributed by atoms with van der Waals surface area (Å²) < 4.78 is 0. The molecule has 4 unspecified atom stereocenters. The van der Waals surface area contributed by atoms with Gasteiger partial charge in [0.2, 0.25) is 5.91 Å². The van der Waals surface area contributed by atoms with Crippen LogP contribution in [0.1, 0.15) is 266 Å². The minimum atomic E-state index is -0.788. The van der Waals surface area contributed by atoms with E-state index in [1.54, 1.807) is 0 Å². The Morgan fingerprint density at radius 2 is 0.782 bits per heavy atom. The van der Waals surface area contributed by atoms with Crippen LogP contribution < -0.4 is 0 Å². The average Bonchev–Trinajstić information content (AvgIpc) is 3.18. The first kappa shape index (κ1) is 53.7. The number of rotatable bonds is 43. The summed E-state index contributed by atoms with van der Waals surface area (Å²) in [5, 5.41) is 10.7. The van der Waals surface area contributed by atoms with E-state index in [2.05, 4.69) is 58.6 Å². The lowest BCUT2D eigenvalue weighted by Gasteiger charge is -2.34. The zero-order valence-corrected chi connectivity index (χ0v) is 38.3. The van der Waals surface area contributed by atoms with Gasteiger partial charge in [-0.2, -0.15) is 0 Å². The number of allylic oxidation sites excluding steroid dienone is 1. The van der Waals surface area contributed by atoms with Crippen molar-refractivity contribution in [2.45, 2.75) is 266 Å². The summed E-state index contributed by atoms with van der Waals surface area (Å²) in [6.07, 6.45) is 47.3. The lowest BCUT2D eigenvalue weighted by Crippen LogP contribution is -2.45. The van der Waals surface area contributed by atoms with Crippen LogP contribution in [0.25, 0.3) is 0 Å². The fourth-order valence-corrected chi connectivity index (χ4v) is 8.52. The third-order valence-corrected chi connectivity index (χ3v) is 12.6. The molecule has 0 aliphatic carbocycles. The van der Waals surface area contributed by atoms with Gasteiger partial charge < -0.3 is 10.0 Å². The zero-order valence-electron chi connectivity index (χ0n) is 38.3. The molecule has 326 valence electrons. The molecule has 55 heavy (non-hydrogen) atoms. The largest absolute Gasteiger partial charge is 0.481 e. The second kappa shape index (κ2) is 40.9. The molecule has 0 radical (unpaired) electrons. The Hall–Kier alpha value is -1.32. The molecule has 0 aromatic heterocycles. The van der Waals surface area contributed by atoms with E-state index in [0.717, 1.165) is 64.5 Å². The second-order valence-electron chi connectivity index (χ2n) is 17.7. The Morgan fingerprint density at radius 1 is 0.455 bits per heavy atom. The van der Waals surface area contributed by atoms with E-state index in [4.69, 9.17) is 0 Å². The predicted octanol–water partition coefficient (Wildman–Crippen LogP) is 16.7. The van der Waals surface area contributed by atoms with Crippen molar-refractivity contribution in [3.63, 3.8) is 0 Å². The van der Waals surface area contributed by atoms with Crippen molar-refractivity contribution in [1.82, 2.24) is 4.90 Å². The predicted molar refractivity (Wildman–Crippen MR) is 243 cm³/mol. The van der Waals surface area contributed by atoms with Gasteiger partial charge in [-0.25, -0.2) is 0 Å². The zero-order chi connectivity index (χ0) is 40.6. The minimum Gasteiger partial charge on any atom is -0.481 e. The number of carboxylic acids is 1. The summed E-state index contributed by atoms with van der Waals surface area (Å²) in [7, 11) is 0. The Labute approximate surface area is 345 Å². The molecule has 4 atom stereocenters. The molecule has 1 amide bonds. The number of carboxylic acid groups (broad SMARTS) is 1. The molecule has 0 rings (SSSR count). The monoisotopic (exact) mass is 774 g/mol. The van der Waals surface area contributed by atoms with Gasteiger partial charge in [-0.3, -0.25) is 9.59 Å². The third kappa shape index (κ3) is 31.4. The summed E-state index contributed by atoms with van der Waals surface area (Å²) in [6.45, 7) is 15.2. The standard InChI is InChI=1S/C51H99NO3/c1-7-13-17-21-23-24-25-26-27-28-29-30-31-33-34-38-42-48(49(51(54)55)43-39-35-32-22-18-14-8-2)50(53)52(44-46(11-5)40-36-19-15-9-3)45-47(12-6)41-37-20-16-10-4/h38,42,46-49H,7-37,39-41,43-45H2,1-6H3,(H,54,55)/b42-38-. The maximum atomic E-state index is 14.9. The van der Waals surface area contributed by atoms with E-state index < -0.39 is 17.8 Å². The van der Waals surface area contributed by atoms with Crippen molar-refractivity contribution in [3.8, 4) is 0 Å². The van der Waals surface area contributed by atoms with E-state index in [-0.39, 0.29) is 5.91 Å². The van der Waals surface area contributed by atoms with Gasteiger partial charge in [0.05, 0.1) is 11.8 Å². The third-order valence-electron chi connectivity index (χ3n) is 12.6. The first-order chi connectivity index (χ1) is 26.9. The molecule has 0 aliphatic heterocycles. The maximum Gasteiger partial charge on any atom is 0.307 e. The lowest BCUT2D eigenvalue weighted by atomic mass is 9.84. The van der Waals surface area contributed by atoms with Crippen LogP contribution in [0.2, 0.25) is 0 Å². The Kier molecular flexibility index (Phi) is 39.9. The SMILES string of the molecule is CCCCCCCCCCCCCCCC/C=C\C(C(=O)N(CC(CC)CCCCCC)CC(CC)CCCCCC)C(CCCCCCCCC)C(=O)O. The number of hydrogen-bond acceptors (Lipinski definition) is 2. The van der Waals surface area contributed by atoms with Gasteiger partial charge in [-0.05, 0) is 43.9 Å². The van der Waals surface area contributed by atoms with Crippen LogP contribution in [-0.4, -0.2) is 35.0 Å². The molecule has 0 saturated carbocycles. The number of carbonyl (C=O) groups excluding carboxylic acids is 1. The molecule has 4 heteroatoms. The fraction of sp³-hybridized carbons (Fsp3) is 0.922. The van der Waals surface area contributed by atoms with E-state index in [9.17, 15) is 14.7 Å². The molecule has 0 fully saturated rings. The van der Waals surface area contributed by atoms with Crippen molar-refractivity contribution < 1.29 is 14.7 Å². The summed E-state index contributed by atoms with van der Waals surface area (Å²) in [6, 6.07) is 0. The van der Waals surface area contributed by atoms with Crippen LogP contribution in [0.15, 0.2) is 12.2 Å². The lowest BCUT2D eigenvalue weighted by molar-refractivity contribution is -0.149. The van der Waals surface area contributed by atoms with Crippen LogP contribution >= 0.6 is 0 Å². The average molecular weight is 774 g/mol. The highest BCUT2D eigenvalue weighted by atomic mass is 16.4. The quantitative estimate of drug-likeness (QED) is 0.0496. The van der Waals surface area contributed by atoms with Crippen LogP contribution in [-0.2, 0) is 9.59 Å². The van der Waals surface area contributed by atoms with Gasteiger partial charge in [0.1, 0.15) is 0 Å². The Bertz CT molecular complexity index is 833. The minimum absolute atomic E-state index is 0.0894. The van der Waals surface area contributed by atoms with Gasteiger partial charge in [0.15, 0.2) is 0 Å². The van der Waals surface area contributed by atoms with Crippen LogP contribution in [0.3, 0.4) is 0 Å². The molecular formula is C51H99NO3. The van der Waals surface area contributed by atoms with Crippen molar-refractivity contribution in [1.29, 1.82) is 0 Å². The van der Waals surface area contributed by atoms with Crippen LogP contribution in [0.4, 0.5) is 0 Å². The van der Waals surface area contributed by atoms with Crippen LogP contribution in [0, 0.1) is 23.7 Å². The number of aliphatic carboxylic acids is 1. The molecule has 0 heterocycles. The van der Waals surface area contributed by atoms with Crippen molar-refractivity contribution in [2.24, 2.45) is 23.7 Å². The molecule has 4 nitrogen and oxygen atoms in total.